The standard InChI is InChI=1S/C17H23NO5S/c1-12(23-13-3-5-14(24-2)6-4-13)15(19)18-11-17(16(20)21)7-9-22-10-8-17/h3-6,12H,7-11H2,1-2H3,(H,18,19)(H,20,21). The van der Waals surface area contributed by atoms with E-state index < -0.39 is 17.5 Å². The molecule has 2 N–H and O–H groups in total. The fourth-order valence-electron chi connectivity index (χ4n) is 2.54. The Morgan fingerprint density at radius 2 is 1.96 bits per heavy atom. The predicted octanol–water partition coefficient (Wildman–Crippen LogP) is 2.17. The van der Waals surface area contributed by atoms with E-state index >= 15 is 0 Å². The number of hydrogen-bond acceptors (Lipinski definition) is 5. The summed E-state index contributed by atoms with van der Waals surface area (Å²) in [7, 11) is 0. The first-order valence-electron chi connectivity index (χ1n) is 7.86. The van der Waals surface area contributed by atoms with E-state index in [-0.39, 0.29) is 12.5 Å². The number of thioether (sulfide) groups is 1. The SMILES string of the molecule is CSc1ccc(OC(C)C(=O)NCC2(C(=O)O)CCOCC2)cc1. The van der Waals surface area contributed by atoms with Crippen LogP contribution in [0.5, 0.6) is 5.75 Å². The van der Waals surface area contributed by atoms with Crippen LogP contribution in [0.15, 0.2) is 29.2 Å². The second-order valence-corrected chi connectivity index (χ2v) is 6.73. The highest BCUT2D eigenvalue weighted by Crippen LogP contribution is 2.30. The summed E-state index contributed by atoms with van der Waals surface area (Å²) in [4.78, 5) is 24.9. The molecule has 1 amide bonds. The smallest absolute Gasteiger partial charge is 0.311 e. The minimum absolute atomic E-state index is 0.0869. The molecular weight excluding hydrogens is 330 g/mol. The van der Waals surface area contributed by atoms with Crippen molar-refractivity contribution in [2.45, 2.75) is 30.8 Å². The molecule has 0 bridgehead atoms. The molecule has 1 aromatic rings. The molecule has 24 heavy (non-hydrogen) atoms. The van der Waals surface area contributed by atoms with Crippen LogP contribution in [0, 0.1) is 5.41 Å². The van der Waals surface area contributed by atoms with Crippen LogP contribution in [0.25, 0.3) is 0 Å². The molecule has 132 valence electrons. The van der Waals surface area contributed by atoms with Gasteiger partial charge in [-0.3, -0.25) is 9.59 Å². The highest BCUT2D eigenvalue weighted by Gasteiger charge is 2.40. The van der Waals surface area contributed by atoms with Gasteiger partial charge >= 0.3 is 5.97 Å². The van der Waals surface area contributed by atoms with Gasteiger partial charge in [-0.15, -0.1) is 11.8 Å². The second-order valence-electron chi connectivity index (χ2n) is 5.85. The number of hydrogen-bond donors (Lipinski definition) is 2. The minimum atomic E-state index is -0.951. The molecule has 0 spiro atoms. The molecule has 1 aliphatic heterocycles. The molecule has 1 aromatic carbocycles. The lowest BCUT2D eigenvalue weighted by Crippen LogP contribution is -2.48. The Bertz CT molecular complexity index is 569. The predicted molar refractivity (Wildman–Crippen MR) is 91.4 cm³/mol. The van der Waals surface area contributed by atoms with Crippen molar-refractivity contribution in [2.75, 3.05) is 26.0 Å². The van der Waals surface area contributed by atoms with Crippen LogP contribution >= 0.6 is 11.8 Å². The average Bonchev–Trinajstić information content (AvgIpc) is 2.61. The Hall–Kier alpha value is -1.73. The summed E-state index contributed by atoms with van der Waals surface area (Å²) < 4.78 is 10.8. The Morgan fingerprint density at radius 3 is 2.50 bits per heavy atom. The summed E-state index contributed by atoms with van der Waals surface area (Å²) in [5, 5.41) is 12.2. The van der Waals surface area contributed by atoms with Crippen molar-refractivity contribution >= 4 is 23.6 Å². The summed E-state index contributed by atoms with van der Waals surface area (Å²) >= 11 is 1.63. The fraction of sp³-hybridized carbons (Fsp3) is 0.529. The van der Waals surface area contributed by atoms with Crippen LogP contribution in [-0.2, 0) is 14.3 Å². The third kappa shape index (κ3) is 4.64. The van der Waals surface area contributed by atoms with Crippen LogP contribution < -0.4 is 10.1 Å². The lowest BCUT2D eigenvalue weighted by Gasteiger charge is -2.33. The molecule has 1 fully saturated rings. The number of carbonyl (C=O) groups excluding carboxylic acids is 1. The van der Waals surface area contributed by atoms with Gasteiger partial charge < -0.3 is 19.9 Å². The summed E-state index contributed by atoms with van der Waals surface area (Å²) in [6, 6.07) is 7.47. The molecule has 0 aromatic heterocycles. The molecule has 0 saturated carbocycles. The lowest BCUT2D eigenvalue weighted by atomic mass is 9.80. The number of nitrogens with one attached hydrogen (secondary N) is 1. The first-order valence-corrected chi connectivity index (χ1v) is 9.09. The molecule has 1 saturated heterocycles. The lowest BCUT2D eigenvalue weighted by molar-refractivity contribution is -0.155. The zero-order valence-corrected chi connectivity index (χ0v) is 14.7. The molecule has 1 unspecified atom stereocenters. The van der Waals surface area contributed by atoms with Crippen molar-refractivity contribution in [1.82, 2.24) is 5.32 Å². The Morgan fingerprint density at radius 1 is 1.33 bits per heavy atom. The number of amides is 1. The minimum Gasteiger partial charge on any atom is -0.481 e. The number of carbonyl (C=O) groups is 2. The average molecular weight is 353 g/mol. The molecular formula is C17H23NO5S. The maximum absolute atomic E-state index is 12.2. The van der Waals surface area contributed by atoms with Gasteiger partial charge in [-0.25, -0.2) is 0 Å². The van der Waals surface area contributed by atoms with Crippen LogP contribution in [0.1, 0.15) is 19.8 Å². The number of carboxylic acid groups (broad SMARTS) is 1. The van der Waals surface area contributed by atoms with E-state index in [0.29, 0.717) is 31.8 Å². The molecule has 1 atom stereocenters. The molecule has 1 aliphatic rings. The third-order valence-electron chi connectivity index (χ3n) is 4.25. The van der Waals surface area contributed by atoms with E-state index in [0.717, 1.165) is 4.90 Å². The van der Waals surface area contributed by atoms with Crippen LogP contribution in [0.2, 0.25) is 0 Å². The zero-order valence-electron chi connectivity index (χ0n) is 13.9. The summed E-state index contributed by atoms with van der Waals surface area (Å²) in [6.07, 6.45) is 2.08. The van der Waals surface area contributed by atoms with Crippen molar-refractivity contribution in [3.63, 3.8) is 0 Å². The van der Waals surface area contributed by atoms with Crippen molar-refractivity contribution in [1.29, 1.82) is 0 Å². The first kappa shape index (κ1) is 18.6. The van der Waals surface area contributed by atoms with Gasteiger partial charge in [0.25, 0.3) is 5.91 Å². The molecule has 1 heterocycles. The summed E-state index contributed by atoms with van der Waals surface area (Å²) in [6.45, 7) is 2.53. The van der Waals surface area contributed by atoms with Gasteiger partial charge in [0.2, 0.25) is 0 Å². The van der Waals surface area contributed by atoms with Crippen LogP contribution in [0.4, 0.5) is 0 Å². The Balaban J connectivity index is 1.89. The summed E-state index contributed by atoms with van der Waals surface area (Å²) in [5.41, 5.74) is -0.951. The molecule has 0 aliphatic carbocycles. The van der Waals surface area contributed by atoms with Gasteiger partial charge in [-0.05, 0) is 50.3 Å². The van der Waals surface area contributed by atoms with Gasteiger partial charge in [0, 0.05) is 24.7 Å². The Kier molecular flexibility index (Phi) is 6.51. The highest BCUT2D eigenvalue weighted by atomic mass is 32.2. The van der Waals surface area contributed by atoms with E-state index in [1.165, 1.54) is 0 Å². The van der Waals surface area contributed by atoms with Crippen molar-refractivity contribution < 1.29 is 24.2 Å². The summed E-state index contributed by atoms with van der Waals surface area (Å²) in [5.74, 6) is -0.613. The molecule has 2 rings (SSSR count). The number of aliphatic carboxylic acids is 1. The van der Waals surface area contributed by atoms with E-state index in [1.54, 1.807) is 18.7 Å². The van der Waals surface area contributed by atoms with Crippen molar-refractivity contribution in [2.24, 2.45) is 5.41 Å². The molecule has 0 radical (unpaired) electrons. The topological polar surface area (TPSA) is 84.9 Å². The normalized spacial score (nSPS) is 17.8. The quantitative estimate of drug-likeness (QED) is 0.731. The van der Waals surface area contributed by atoms with Crippen molar-refractivity contribution in [3.05, 3.63) is 24.3 Å². The van der Waals surface area contributed by atoms with Gasteiger partial charge in [0.05, 0.1) is 5.41 Å². The Labute approximate surface area is 145 Å². The fourth-order valence-corrected chi connectivity index (χ4v) is 2.95. The largest absolute Gasteiger partial charge is 0.481 e. The van der Waals surface area contributed by atoms with E-state index in [2.05, 4.69) is 5.32 Å². The maximum atomic E-state index is 12.2. The maximum Gasteiger partial charge on any atom is 0.311 e. The van der Waals surface area contributed by atoms with Crippen molar-refractivity contribution in [3.8, 4) is 5.75 Å². The van der Waals surface area contributed by atoms with Gasteiger partial charge in [-0.1, -0.05) is 0 Å². The number of rotatable bonds is 7. The molecule has 6 nitrogen and oxygen atoms in total. The van der Waals surface area contributed by atoms with E-state index in [4.69, 9.17) is 9.47 Å². The molecule has 7 heteroatoms. The first-order chi connectivity index (χ1) is 11.5. The van der Waals surface area contributed by atoms with Gasteiger partial charge in [-0.2, -0.15) is 0 Å². The van der Waals surface area contributed by atoms with Crippen LogP contribution in [0.3, 0.4) is 0 Å². The van der Waals surface area contributed by atoms with E-state index in [9.17, 15) is 14.7 Å². The second kappa shape index (κ2) is 8.39. The number of ether oxygens (including phenoxy) is 2. The highest BCUT2D eigenvalue weighted by molar-refractivity contribution is 7.98. The van der Waals surface area contributed by atoms with Gasteiger partial charge in [0.15, 0.2) is 6.10 Å². The van der Waals surface area contributed by atoms with Gasteiger partial charge in [0.1, 0.15) is 5.75 Å². The monoisotopic (exact) mass is 353 g/mol. The number of carboxylic acids is 1. The van der Waals surface area contributed by atoms with Crippen LogP contribution in [-0.4, -0.2) is 49.1 Å². The zero-order chi connectivity index (χ0) is 17.6. The number of benzene rings is 1. The third-order valence-corrected chi connectivity index (χ3v) is 4.99. The van der Waals surface area contributed by atoms with E-state index in [1.807, 2.05) is 30.5 Å².